The Morgan fingerprint density at radius 3 is 2.12 bits per heavy atom. The zero-order valence-electron chi connectivity index (χ0n) is 17.7. The normalized spacial score (nSPS) is 29.7. The van der Waals surface area contributed by atoms with E-state index in [0.29, 0.717) is 11.3 Å². The van der Waals surface area contributed by atoms with Crippen LogP contribution in [0.3, 0.4) is 0 Å². The van der Waals surface area contributed by atoms with E-state index < -0.39 is 42.8 Å². The largest absolute Gasteiger partial charge is 0.462 e. The number of amides is 3. The molecule has 0 aromatic heterocycles. The minimum absolute atomic E-state index is 0.0582. The number of likely N-dealkylation sites (tertiary alicyclic amines) is 1. The second-order valence-corrected chi connectivity index (χ2v) is 10.4. The molecule has 9 nitrogen and oxygen atoms in total. The Labute approximate surface area is 206 Å². The van der Waals surface area contributed by atoms with Gasteiger partial charge in [0.1, 0.15) is 6.54 Å². The van der Waals surface area contributed by atoms with Gasteiger partial charge in [-0.05, 0) is 49.4 Å². The van der Waals surface area contributed by atoms with Gasteiger partial charge in [0.05, 0.1) is 24.0 Å². The van der Waals surface area contributed by atoms with Crippen molar-refractivity contribution in [1.82, 2.24) is 4.90 Å². The summed E-state index contributed by atoms with van der Waals surface area (Å²) in [6.07, 6.45) is 0.803. The predicted octanol–water partition coefficient (Wildman–Crippen LogP) is 2.12. The lowest BCUT2D eigenvalue weighted by Gasteiger charge is -2.28. The third kappa shape index (κ3) is 4.44. The van der Waals surface area contributed by atoms with Crippen LogP contribution in [0.5, 0.6) is 0 Å². The number of hydrogen-bond acceptors (Lipinski definition) is 7. The number of alkyl halides is 2. The smallest absolute Gasteiger partial charge is 0.338 e. The topological polar surface area (TPSA) is 119 Å². The quantitative estimate of drug-likeness (QED) is 0.296. The number of esters is 2. The molecule has 1 aromatic rings. The molecule has 1 saturated heterocycles. The highest BCUT2D eigenvalue weighted by atomic mass is 79.9. The number of carbonyl (C=O) groups excluding carboxylic acids is 5. The molecule has 1 aromatic carbocycles. The Hall–Kier alpha value is -2.27. The molecular formula is C22H22Br2N2O7. The average molecular weight is 586 g/mol. The van der Waals surface area contributed by atoms with Gasteiger partial charge >= 0.3 is 11.9 Å². The van der Waals surface area contributed by atoms with Gasteiger partial charge in [0, 0.05) is 15.3 Å². The Balaban J connectivity index is 1.27. The van der Waals surface area contributed by atoms with Crippen molar-refractivity contribution in [3.8, 4) is 0 Å². The first kappa shape index (κ1) is 23.9. The molecule has 0 unspecified atom stereocenters. The molecule has 6 atom stereocenters. The highest BCUT2D eigenvalue weighted by molar-refractivity contribution is 9.12. The minimum Gasteiger partial charge on any atom is -0.462 e. The number of nitrogens with zero attached hydrogens (tertiary/aromatic N) is 1. The van der Waals surface area contributed by atoms with E-state index in [4.69, 9.17) is 9.47 Å². The summed E-state index contributed by atoms with van der Waals surface area (Å²) in [7, 11) is 0. The Morgan fingerprint density at radius 1 is 1.00 bits per heavy atom. The van der Waals surface area contributed by atoms with Crippen LogP contribution in [-0.4, -0.2) is 64.0 Å². The predicted molar refractivity (Wildman–Crippen MR) is 123 cm³/mol. The number of carbonyl (C=O) groups is 5. The molecular weight excluding hydrogens is 564 g/mol. The molecule has 33 heavy (non-hydrogen) atoms. The maximum absolute atomic E-state index is 12.8. The molecule has 0 spiro atoms. The van der Waals surface area contributed by atoms with Crippen molar-refractivity contribution in [3.05, 3.63) is 29.8 Å². The fraction of sp³-hybridized carbons (Fsp3) is 0.500. The van der Waals surface area contributed by atoms with Gasteiger partial charge in [-0.3, -0.25) is 24.1 Å². The number of hydrogen-bond donors (Lipinski definition) is 1. The third-order valence-electron chi connectivity index (χ3n) is 6.41. The first-order valence-corrected chi connectivity index (χ1v) is 12.4. The van der Waals surface area contributed by atoms with Crippen molar-refractivity contribution in [1.29, 1.82) is 0 Å². The fourth-order valence-electron chi connectivity index (χ4n) is 4.99. The first-order valence-electron chi connectivity index (χ1n) is 10.6. The van der Waals surface area contributed by atoms with Crippen molar-refractivity contribution < 1.29 is 33.4 Å². The van der Waals surface area contributed by atoms with Crippen LogP contribution in [0.2, 0.25) is 0 Å². The Bertz CT molecular complexity index is 967. The standard InChI is InChI=1S/C22H22Br2N2O7/c1-2-32-22(31)10-3-5-11(6-4-10)25-14(27)9-33-15(28)8-26-20(29)16-12-7-13(17(16)21(26)30)19(24)18(12)23/h3-6,12-13,16-19H,2,7-9H2,1H3,(H,25,27)/t12-,13-,16-,17-,18-,19+/m1/s1. The lowest BCUT2D eigenvalue weighted by Crippen LogP contribution is -2.38. The zero-order valence-corrected chi connectivity index (χ0v) is 20.8. The van der Waals surface area contributed by atoms with Gasteiger partial charge < -0.3 is 14.8 Å². The van der Waals surface area contributed by atoms with Gasteiger partial charge in [0.25, 0.3) is 5.91 Å². The van der Waals surface area contributed by atoms with E-state index in [0.717, 1.165) is 11.3 Å². The lowest BCUT2D eigenvalue weighted by molar-refractivity contribution is -0.154. The third-order valence-corrected chi connectivity index (χ3v) is 9.62. The van der Waals surface area contributed by atoms with Gasteiger partial charge in [0.2, 0.25) is 11.8 Å². The monoisotopic (exact) mass is 584 g/mol. The number of imide groups is 1. The van der Waals surface area contributed by atoms with Crippen LogP contribution < -0.4 is 5.32 Å². The molecule has 2 aliphatic carbocycles. The maximum Gasteiger partial charge on any atom is 0.338 e. The number of halogens is 2. The molecule has 3 fully saturated rings. The Morgan fingerprint density at radius 2 is 1.58 bits per heavy atom. The van der Waals surface area contributed by atoms with Gasteiger partial charge in [-0.2, -0.15) is 0 Å². The molecule has 1 N–H and O–H groups in total. The van der Waals surface area contributed by atoms with Crippen LogP contribution in [-0.2, 0) is 28.7 Å². The summed E-state index contributed by atoms with van der Waals surface area (Å²) >= 11 is 7.23. The SMILES string of the molecule is CCOC(=O)c1ccc(NC(=O)COC(=O)CN2C(=O)[C@@H]3[C@H]4C[C@@H]([C@@H](Br)[C@H]4Br)[C@H]3C2=O)cc1. The molecule has 3 amide bonds. The summed E-state index contributed by atoms with van der Waals surface area (Å²) < 4.78 is 9.87. The number of fused-ring (bicyclic) bond motifs is 5. The first-order chi connectivity index (χ1) is 15.7. The van der Waals surface area contributed by atoms with Crippen molar-refractivity contribution in [2.24, 2.45) is 23.7 Å². The van der Waals surface area contributed by atoms with E-state index in [1.54, 1.807) is 6.92 Å². The number of anilines is 1. The van der Waals surface area contributed by atoms with Crippen LogP contribution in [0.15, 0.2) is 24.3 Å². The second kappa shape index (κ2) is 9.54. The van der Waals surface area contributed by atoms with Crippen LogP contribution in [0.1, 0.15) is 23.7 Å². The summed E-state index contributed by atoms with van der Waals surface area (Å²) in [4.78, 5) is 62.8. The maximum atomic E-state index is 12.8. The van der Waals surface area contributed by atoms with Crippen molar-refractivity contribution in [2.45, 2.75) is 23.0 Å². The zero-order chi connectivity index (χ0) is 23.9. The summed E-state index contributed by atoms with van der Waals surface area (Å²) in [5, 5.41) is 2.54. The summed E-state index contributed by atoms with van der Waals surface area (Å²) in [5.41, 5.74) is 0.753. The highest BCUT2D eigenvalue weighted by Gasteiger charge is 2.66. The molecule has 2 bridgehead atoms. The highest BCUT2D eigenvalue weighted by Crippen LogP contribution is 2.60. The molecule has 11 heteroatoms. The van der Waals surface area contributed by atoms with Crippen LogP contribution in [0.25, 0.3) is 0 Å². The van der Waals surface area contributed by atoms with Crippen molar-refractivity contribution in [3.63, 3.8) is 0 Å². The number of rotatable bonds is 7. The van der Waals surface area contributed by atoms with Crippen LogP contribution in [0.4, 0.5) is 5.69 Å². The summed E-state index contributed by atoms with van der Waals surface area (Å²) in [6, 6.07) is 6.05. The second-order valence-electron chi connectivity index (χ2n) is 8.27. The van der Waals surface area contributed by atoms with E-state index in [1.165, 1.54) is 24.3 Å². The molecule has 176 valence electrons. The van der Waals surface area contributed by atoms with Gasteiger partial charge in [-0.15, -0.1) is 0 Å². The molecule has 1 aliphatic heterocycles. The molecule has 2 saturated carbocycles. The lowest BCUT2D eigenvalue weighted by atomic mass is 9.81. The number of nitrogens with one attached hydrogen (secondary N) is 1. The van der Waals surface area contributed by atoms with Crippen molar-refractivity contribution in [2.75, 3.05) is 25.1 Å². The molecule has 3 aliphatic rings. The molecule has 0 radical (unpaired) electrons. The van der Waals surface area contributed by atoms with E-state index in [9.17, 15) is 24.0 Å². The van der Waals surface area contributed by atoms with E-state index in [2.05, 4.69) is 37.2 Å². The van der Waals surface area contributed by atoms with Gasteiger partial charge in [0.15, 0.2) is 6.61 Å². The average Bonchev–Trinajstić information content (AvgIpc) is 3.39. The van der Waals surface area contributed by atoms with Crippen molar-refractivity contribution >= 4 is 67.2 Å². The summed E-state index contributed by atoms with van der Waals surface area (Å²) in [6.45, 7) is 0.884. The number of ether oxygens (including phenoxy) is 2. The fourth-order valence-corrected chi connectivity index (χ4v) is 6.86. The van der Waals surface area contributed by atoms with E-state index >= 15 is 0 Å². The Kier molecular flexibility index (Phi) is 6.90. The van der Waals surface area contributed by atoms with Gasteiger partial charge in [-0.25, -0.2) is 4.79 Å². The minimum atomic E-state index is -0.831. The van der Waals surface area contributed by atoms with Crippen LogP contribution in [0, 0.1) is 23.7 Å². The van der Waals surface area contributed by atoms with E-state index in [1.807, 2.05) is 0 Å². The summed E-state index contributed by atoms with van der Waals surface area (Å²) in [5.74, 6) is -3.28. The number of benzene rings is 1. The molecule has 1 heterocycles. The van der Waals surface area contributed by atoms with Gasteiger partial charge in [-0.1, -0.05) is 31.9 Å². The molecule has 4 rings (SSSR count). The van der Waals surface area contributed by atoms with Crippen LogP contribution >= 0.6 is 31.9 Å². The van der Waals surface area contributed by atoms with E-state index in [-0.39, 0.29) is 39.9 Å².